The van der Waals surface area contributed by atoms with Gasteiger partial charge in [0.05, 0.1) is 5.69 Å². The van der Waals surface area contributed by atoms with Gasteiger partial charge in [-0.2, -0.15) is 0 Å². The Labute approximate surface area is 311 Å². The third-order valence-electron chi connectivity index (χ3n) is 11.1. The molecule has 252 valence electrons. The second-order valence-corrected chi connectivity index (χ2v) is 14.5. The Bertz CT molecular complexity index is 2670. The zero-order chi connectivity index (χ0) is 35.5. The van der Waals surface area contributed by atoms with Gasteiger partial charge in [0.2, 0.25) is 0 Å². The SMILES string of the molecule is CC1(C)c2ccccc2-c2ccc(N(c3cccc(-c4ccccc4)c3)c3cccc4c3-c3ccccc3-c3c(cccc3-c3ccccc3)O4)cc21. The number of benzene rings is 8. The third kappa shape index (κ3) is 5.02. The molecule has 0 spiro atoms. The first kappa shape index (κ1) is 31.1. The summed E-state index contributed by atoms with van der Waals surface area (Å²) in [5.41, 5.74) is 17.5. The van der Waals surface area contributed by atoms with Crippen molar-refractivity contribution in [3.63, 3.8) is 0 Å². The van der Waals surface area contributed by atoms with E-state index in [1.54, 1.807) is 0 Å². The molecule has 10 rings (SSSR count). The van der Waals surface area contributed by atoms with Crippen molar-refractivity contribution in [2.75, 3.05) is 4.90 Å². The summed E-state index contributed by atoms with van der Waals surface area (Å²) in [6.45, 7) is 4.70. The normalized spacial score (nSPS) is 13.0. The number of ether oxygens (including phenoxy) is 1. The minimum absolute atomic E-state index is 0.141. The van der Waals surface area contributed by atoms with Crippen molar-refractivity contribution in [3.8, 4) is 67.1 Å². The van der Waals surface area contributed by atoms with Gasteiger partial charge in [0.25, 0.3) is 0 Å². The highest BCUT2D eigenvalue weighted by Crippen LogP contribution is 2.56. The molecule has 8 aromatic rings. The van der Waals surface area contributed by atoms with Gasteiger partial charge >= 0.3 is 0 Å². The van der Waals surface area contributed by atoms with E-state index in [9.17, 15) is 0 Å². The monoisotopic (exact) mass is 679 g/mol. The van der Waals surface area contributed by atoms with Crippen LogP contribution in [-0.2, 0) is 5.41 Å². The highest BCUT2D eigenvalue weighted by molar-refractivity contribution is 6.02. The molecular formula is C51H37NO. The largest absolute Gasteiger partial charge is 0.456 e. The zero-order valence-electron chi connectivity index (χ0n) is 29.8. The molecule has 0 aromatic heterocycles. The van der Waals surface area contributed by atoms with Crippen LogP contribution in [0.25, 0.3) is 55.6 Å². The van der Waals surface area contributed by atoms with Crippen LogP contribution in [0.5, 0.6) is 11.5 Å². The fourth-order valence-corrected chi connectivity index (χ4v) is 8.57. The van der Waals surface area contributed by atoms with Crippen molar-refractivity contribution in [2.24, 2.45) is 0 Å². The molecule has 2 aliphatic rings. The Hall–Kier alpha value is -6.64. The van der Waals surface area contributed by atoms with Gasteiger partial charge in [-0.05, 0) is 98.1 Å². The second kappa shape index (κ2) is 12.3. The van der Waals surface area contributed by atoms with Crippen molar-refractivity contribution < 1.29 is 4.74 Å². The van der Waals surface area contributed by atoms with Gasteiger partial charge in [-0.1, -0.05) is 159 Å². The molecule has 1 aliphatic carbocycles. The Morgan fingerprint density at radius 3 is 1.70 bits per heavy atom. The molecule has 0 radical (unpaired) electrons. The maximum Gasteiger partial charge on any atom is 0.137 e. The van der Waals surface area contributed by atoms with Crippen LogP contribution >= 0.6 is 0 Å². The molecule has 0 atom stereocenters. The molecule has 0 amide bonds. The summed E-state index contributed by atoms with van der Waals surface area (Å²) in [7, 11) is 0. The summed E-state index contributed by atoms with van der Waals surface area (Å²) in [6, 6.07) is 67.7. The van der Waals surface area contributed by atoms with Crippen LogP contribution in [0.4, 0.5) is 17.1 Å². The first-order valence-corrected chi connectivity index (χ1v) is 18.4. The molecule has 1 aliphatic heterocycles. The molecule has 0 saturated heterocycles. The first-order valence-electron chi connectivity index (χ1n) is 18.4. The van der Waals surface area contributed by atoms with Crippen molar-refractivity contribution in [2.45, 2.75) is 19.3 Å². The maximum atomic E-state index is 7.03. The summed E-state index contributed by atoms with van der Waals surface area (Å²) in [4.78, 5) is 2.43. The zero-order valence-corrected chi connectivity index (χ0v) is 29.8. The highest BCUT2D eigenvalue weighted by atomic mass is 16.5. The van der Waals surface area contributed by atoms with E-state index in [0.717, 1.165) is 61.9 Å². The fourth-order valence-electron chi connectivity index (χ4n) is 8.57. The quantitative estimate of drug-likeness (QED) is 0.180. The fraction of sp³-hybridized carbons (Fsp3) is 0.0588. The number of anilines is 3. The molecule has 53 heavy (non-hydrogen) atoms. The summed E-state index contributed by atoms with van der Waals surface area (Å²) in [5, 5.41) is 0. The van der Waals surface area contributed by atoms with E-state index in [0.29, 0.717) is 0 Å². The lowest BCUT2D eigenvalue weighted by Gasteiger charge is -2.30. The minimum Gasteiger partial charge on any atom is -0.456 e. The van der Waals surface area contributed by atoms with Crippen molar-refractivity contribution in [1.82, 2.24) is 0 Å². The summed E-state index contributed by atoms with van der Waals surface area (Å²) < 4.78 is 7.03. The van der Waals surface area contributed by atoms with Crippen LogP contribution in [0.3, 0.4) is 0 Å². The first-order chi connectivity index (χ1) is 26.1. The second-order valence-electron chi connectivity index (χ2n) is 14.5. The molecule has 0 N–H and O–H groups in total. The Balaban J connectivity index is 1.23. The topological polar surface area (TPSA) is 12.5 Å². The van der Waals surface area contributed by atoms with Gasteiger partial charge in [-0.25, -0.2) is 0 Å². The van der Waals surface area contributed by atoms with E-state index in [4.69, 9.17) is 4.74 Å². The molecule has 0 saturated carbocycles. The predicted molar refractivity (Wildman–Crippen MR) is 221 cm³/mol. The lowest BCUT2D eigenvalue weighted by molar-refractivity contribution is 0.488. The van der Waals surface area contributed by atoms with Gasteiger partial charge < -0.3 is 9.64 Å². The standard InChI is InChI=1S/C51H37NO/c1-51(2)44-26-12-11-22-40(44)41-31-30-38(33-45(41)51)52(37-21-13-20-36(32-37)34-16-5-3-6-17-34)46-27-15-29-48-50(46)43-24-10-9-23-42(43)49-39(25-14-28-47(49)53-48)35-18-7-4-8-19-35/h3-33H,1-2H3. The van der Waals surface area contributed by atoms with Crippen LogP contribution in [0.15, 0.2) is 188 Å². The lowest BCUT2D eigenvalue weighted by Crippen LogP contribution is -2.17. The van der Waals surface area contributed by atoms with Crippen molar-refractivity contribution in [1.29, 1.82) is 0 Å². The van der Waals surface area contributed by atoms with Crippen LogP contribution in [0, 0.1) is 0 Å². The van der Waals surface area contributed by atoms with Crippen molar-refractivity contribution in [3.05, 3.63) is 199 Å². The van der Waals surface area contributed by atoms with Crippen LogP contribution in [0.1, 0.15) is 25.0 Å². The molecule has 2 heteroatoms. The van der Waals surface area contributed by atoms with Crippen LogP contribution in [0.2, 0.25) is 0 Å². The average molecular weight is 680 g/mol. The smallest absolute Gasteiger partial charge is 0.137 e. The van der Waals surface area contributed by atoms with Crippen molar-refractivity contribution >= 4 is 17.1 Å². The van der Waals surface area contributed by atoms with E-state index in [1.807, 2.05) is 0 Å². The number of fused-ring (bicyclic) bond motifs is 8. The Morgan fingerprint density at radius 1 is 0.377 bits per heavy atom. The molecule has 8 aromatic carbocycles. The molecule has 0 bridgehead atoms. The molecule has 0 fully saturated rings. The third-order valence-corrected chi connectivity index (χ3v) is 11.1. The van der Waals surface area contributed by atoms with E-state index in [1.165, 1.54) is 33.4 Å². The van der Waals surface area contributed by atoms with Gasteiger partial charge in [-0.15, -0.1) is 0 Å². The Kier molecular flexibility index (Phi) is 7.19. The highest BCUT2D eigenvalue weighted by Gasteiger charge is 2.36. The van der Waals surface area contributed by atoms with Gasteiger partial charge in [0.1, 0.15) is 11.5 Å². The van der Waals surface area contributed by atoms with Crippen LogP contribution < -0.4 is 9.64 Å². The summed E-state index contributed by atoms with van der Waals surface area (Å²) in [6.07, 6.45) is 0. The number of nitrogens with zero attached hydrogens (tertiary/aromatic N) is 1. The molecule has 1 heterocycles. The van der Waals surface area contributed by atoms with E-state index in [2.05, 4.69) is 207 Å². The maximum absolute atomic E-state index is 7.03. The predicted octanol–water partition coefficient (Wildman–Crippen LogP) is 14.2. The molecule has 2 nitrogen and oxygen atoms in total. The lowest BCUT2D eigenvalue weighted by atomic mass is 9.82. The molecular weight excluding hydrogens is 643 g/mol. The van der Waals surface area contributed by atoms with E-state index < -0.39 is 0 Å². The van der Waals surface area contributed by atoms with Gasteiger partial charge in [0.15, 0.2) is 0 Å². The summed E-state index contributed by atoms with van der Waals surface area (Å²) in [5.74, 6) is 1.68. The average Bonchev–Trinajstić information content (AvgIpc) is 3.33. The summed E-state index contributed by atoms with van der Waals surface area (Å²) >= 11 is 0. The molecule has 0 unspecified atom stereocenters. The van der Waals surface area contributed by atoms with Gasteiger partial charge in [0, 0.05) is 27.9 Å². The Morgan fingerprint density at radius 2 is 0.925 bits per heavy atom. The minimum atomic E-state index is -0.141. The van der Waals surface area contributed by atoms with Gasteiger partial charge in [-0.3, -0.25) is 0 Å². The number of hydrogen-bond acceptors (Lipinski definition) is 2. The van der Waals surface area contributed by atoms with E-state index >= 15 is 0 Å². The van der Waals surface area contributed by atoms with Crippen LogP contribution in [-0.4, -0.2) is 0 Å². The van der Waals surface area contributed by atoms with E-state index in [-0.39, 0.29) is 5.41 Å². The number of rotatable bonds is 5. The number of hydrogen-bond donors (Lipinski definition) is 0.